The second-order valence-electron chi connectivity index (χ2n) is 11.9. The number of hydrogen-bond donors (Lipinski definition) is 3. The molecule has 0 spiro atoms. The number of benzene rings is 3. The van der Waals surface area contributed by atoms with E-state index in [1.54, 1.807) is 24.3 Å². The van der Waals surface area contributed by atoms with Crippen LogP contribution in [0.5, 0.6) is 0 Å². The molecule has 3 aromatic rings. The van der Waals surface area contributed by atoms with Crippen LogP contribution in [-0.2, 0) is 0 Å². The van der Waals surface area contributed by atoms with Crippen molar-refractivity contribution in [3.63, 3.8) is 0 Å². The van der Waals surface area contributed by atoms with Crippen molar-refractivity contribution in [1.29, 1.82) is 0 Å². The van der Waals surface area contributed by atoms with Gasteiger partial charge in [-0.2, -0.15) is 0 Å². The minimum absolute atomic E-state index is 0.00458. The quantitative estimate of drug-likeness (QED) is 0.299. The largest absolute Gasteiger partial charge is 0.392 e. The Kier molecular flexibility index (Phi) is 12.3. The maximum absolute atomic E-state index is 13.4. The molecule has 0 heterocycles. The molecule has 3 fully saturated rings. The van der Waals surface area contributed by atoms with Crippen molar-refractivity contribution in [2.75, 3.05) is 0 Å². The van der Waals surface area contributed by atoms with E-state index in [1.165, 1.54) is 43.0 Å². The Morgan fingerprint density at radius 2 is 0.854 bits per heavy atom. The smallest absolute Gasteiger partial charge is 0.126 e. The third-order valence-electron chi connectivity index (χ3n) is 9.02. The van der Waals surface area contributed by atoms with Gasteiger partial charge in [-0.25, -0.2) is 8.78 Å². The molecular weight excluding hydrogens is 518 g/mol. The third kappa shape index (κ3) is 9.19. The Balaban J connectivity index is 0.000000142. The second kappa shape index (κ2) is 16.1. The van der Waals surface area contributed by atoms with E-state index < -0.39 is 0 Å². The van der Waals surface area contributed by atoms with Crippen molar-refractivity contribution in [3.8, 4) is 0 Å². The molecular formula is C36H46F2O3. The molecule has 6 atom stereocenters. The van der Waals surface area contributed by atoms with Gasteiger partial charge in [0.1, 0.15) is 11.6 Å². The third-order valence-corrected chi connectivity index (χ3v) is 9.02. The molecule has 5 heteroatoms. The van der Waals surface area contributed by atoms with Gasteiger partial charge in [0.25, 0.3) is 0 Å². The molecule has 0 bridgehead atoms. The SMILES string of the molecule is O[C@@H]1CCCC[C@H]1c1ccc(F)cc1.O[C@@H]1CCCC[C@H]1c1ccccc1.O[C@@H]1CCCC[C@H]1c1ccccc1F. The van der Waals surface area contributed by atoms with Crippen LogP contribution in [0.1, 0.15) is 111 Å². The van der Waals surface area contributed by atoms with E-state index in [0.717, 1.165) is 63.4 Å². The minimum atomic E-state index is -0.361. The first kappa shape index (κ1) is 31.3. The molecule has 6 rings (SSSR count). The van der Waals surface area contributed by atoms with Crippen LogP contribution in [0.3, 0.4) is 0 Å². The van der Waals surface area contributed by atoms with Crippen LogP contribution in [-0.4, -0.2) is 33.6 Å². The average Bonchev–Trinajstić information content (AvgIpc) is 3.00. The van der Waals surface area contributed by atoms with E-state index in [-0.39, 0.29) is 41.8 Å². The zero-order valence-electron chi connectivity index (χ0n) is 24.1. The topological polar surface area (TPSA) is 60.7 Å². The van der Waals surface area contributed by atoms with Crippen molar-refractivity contribution in [1.82, 2.24) is 0 Å². The molecule has 0 amide bonds. The fourth-order valence-electron chi connectivity index (χ4n) is 6.66. The zero-order chi connectivity index (χ0) is 29.0. The second-order valence-corrected chi connectivity index (χ2v) is 11.9. The standard InChI is InChI=1S/2C12H15FO.C12H16O/c13-11-7-3-1-5-9(11)10-6-2-4-8-12(10)14;13-10-7-5-9(6-8-10)11-3-1-2-4-12(11)14;13-12-9-5-4-8-11(12)10-6-2-1-3-7-10/h1,3,5,7,10,12,14H,2,4,6,8H2;5-8,11-12,14H,1-4H2;1-3,6-7,11-13H,4-5,8-9H2/t10-,12+;2*11-,12+/m000/s1. The molecule has 3 aromatic carbocycles. The normalized spacial score (nSPS) is 27.9. The molecule has 3 aliphatic rings. The average molecular weight is 565 g/mol. The maximum Gasteiger partial charge on any atom is 0.126 e. The van der Waals surface area contributed by atoms with Gasteiger partial charge in [-0.05, 0) is 73.4 Å². The highest BCUT2D eigenvalue weighted by atomic mass is 19.1. The molecule has 41 heavy (non-hydrogen) atoms. The summed E-state index contributed by atoms with van der Waals surface area (Å²) in [6.07, 6.45) is 11.9. The Labute approximate surface area is 244 Å². The van der Waals surface area contributed by atoms with E-state index in [4.69, 9.17) is 0 Å². The highest BCUT2D eigenvalue weighted by Gasteiger charge is 2.27. The van der Waals surface area contributed by atoms with Crippen LogP contribution < -0.4 is 0 Å². The van der Waals surface area contributed by atoms with E-state index in [2.05, 4.69) is 24.3 Å². The van der Waals surface area contributed by atoms with E-state index in [1.807, 2.05) is 12.1 Å². The summed E-state index contributed by atoms with van der Waals surface area (Å²) in [6.45, 7) is 0. The summed E-state index contributed by atoms with van der Waals surface area (Å²) >= 11 is 0. The number of aliphatic hydroxyl groups is 3. The first-order chi connectivity index (χ1) is 19.9. The Morgan fingerprint density at radius 1 is 0.439 bits per heavy atom. The number of aliphatic hydroxyl groups excluding tert-OH is 3. The Hall–Kier alpha value is -2.60. The lowest BCUT2D eigenvalue weighted by molar-refractivity contribution is 0.104. The monoisotopic (exact) mass is 564 g/mol. The van der Waals surface area contributed by atoms with Crippen LogP contribution in [0.25, 0.3) is 0 Å². The first-order valence-corrected chi connectivity index (χ1v) is 15.5. The summed E-state index contributed by atoms with van der Waals surface area (Å²) in [5.41, 5.74) is 3.05. The maximum atomic E-state index is 13.4. The van der Waals surface area contributed by atoms with Crippen LogP contribution in [0.4, 0.5) is 8.78 Å². The van der Waals surface area contributed by atoms with Crippen molar-refractivity contribution >= 4 is 0 Å². The number of rotatable bonds is 3. The summed E-state index contributed by atoms with van der Waals surface area (Å²) in [7, 11) is 0. The van der Waals surface area contributed by atoms with Gasteiger partial charge in [0.2, 0.25) is 0 Å². The Bertz CT molecular complexity index is 1150. The van der Waals surface area contributed by atoms with Gasteiger partial charge in [0, 0.05) is 17.8 Å². The van der Waals surface area contributed by atoms with E-state index in [0.29, 0.717) is 11.5 Å². The predicted molar refractivity (Wildman–Crippen MR) is 161 cm³/mol. The van der Waals surface area contributed by atoms with Crippen LogP contribution in [0.2, 0.25) is 0 Å². The summed E-state index contributed by atoms with van der Waals surface area (Å²) in [6, 6.07) is 23.7. The van der Waals surface area contributed by atoms with E-state index in [9.17, 15) is 24.1 Å². The molecule has 0 radical (unpaired) electrons. The molecule has 0 unspecified atom stereocenters. The molecule has 3 saturated carbocycles. The summed E-state index contributed by atoms with van der Waals surface area (Å²) in [5, 5.41) is 29.4. The Morgan fingerprint density at radius 3 is 1.34 bits per heavy atom. The molecule has 0 aromatic heterocycles. The summed E-state index contributed by atoms with van der Waals surface area (Å²) in [4.78, 5) is 0. The predicted octanol–water partition coefficient (Wildman–Crippen LogP) is 8.39. The molecule has 3 nitrogen and oxygen atoms in total. The molecule has 0 aliphatic heterocycles. The molecule has 3 N–H and O–H groups in total. The van der Waals surface area contributed by atoms with Gasteiger partial charge < -0.3 is 15.3 Å². The lowest BCUT2D eigenvalue weighted by Gasteiger charge is -2.28. The van der Waals surface area contributed by atoms with Crippen molar-refractivity contribution in [2.24, 2.45) is 0 Å². The van der Waals surface area contributed by atoms with Crippen molar-refractivity contribution < 1.29 is 24.1 Å². The van der Waals surface area contributed by atoms with Crippen LogP contribution in [0, 0.1) is 11.6 Å². The van der Waals surface area contributed by atoms with Gasteiger partial charge in [-0.1, -0.05) is 99.2 Å². The molecule has 222 valence electrons. The lowest BCUT2D eigenvalue weighted by Crippen LogP contribution is -2.23. The lowest BCUT2D eigenvalue weighted by atomic mass is 9.81. The summed E-state index contributed by atoms with van der Waals surface area (Å²) in [5.74, 6) is 0.210. The van der Waals surface area contributed by atoms with Crippen molar-refractivity contribution in [2.45, 2.75) is 113 Å². The van der Waals surface area contributed by atoms with Gasteiger partial charge >= 0.3 is 0 Å². The first-order valence-electron chi connectivity index (χ1n) is 15.5. The van der Waals surface area contributed by atoms with Crippen molar-refractivity contribution in [3.05, 3.63) is 107 Å². The van der Waals surface area contributed by atoms with Gasteiger partial charge in [0.15, 0.2) is 0 Å². The highest BCUT2D eigenvalue weighted by Crippen LogP contribution is 2.35. The summed E-state index contributed by atoms with van der Waals surface area (Å²) < 4.78 is 26.1. The van der Waals surface area contributed by atoms with E-state index >= 15 is 0 Å². The number of halogens is 2. The fourth-order valence-corrected chi connectivity index (χ4v) is 6.66. The van der Waals surface area contributed by atoms with Gasteiger partial charge in [0.05, 0.1) is 18.3 Å². The van der Waals surface area contributed by atoms with Crippen LogP contribution in [0.15, 0.2) is 78.9 Å². The van der Waals surface area contributed by atoms with Gasteiger partial charge in [-0.3, -0.25) is 0 Å². The van der Waals surface area contributed by atoms with Gasteiger partial charge in [-0.15, -0.1) is 0 Å². The molecule has 0 saturated heterocycles. The molecule has 3 aliphatic carbocycles. The number of hydrogen-bond acceptors (Lipinski definition) is 3. The highest BCUT2D eigenvalue weighted by molar-refractivity contribution is 5.24. The minimum Gasteiger partial charge on any atom is -0.392 e. The van der Waals surface area contributed by atoms with Crippen LogP contribution >= 0.6 is 0 Å². The fraction of sp³-hybridized carbons (Fsp3) is 0.500. The zero-order valence-corrected chi connectivity index (χ0v) is 24.1.